The second-order valence-electron chi connectivity index (χ2n) is 4.48. The van der Waals surface area contributed by atoms with E-state index in [1.165, 1.54) is 0 Å². The number of ether oxygens (including phenoxy) is 2. The molecule has 0 atom stereocenters. The minimum absolute atomic E-state index is 0.368. The predicted octanol–water partition coefficient (Wildman–Crippen LogP) is 1.78. The number of aromatic nitrogens is 1. The van der Waals surface area contributed by atoms with Gasteiger partial charge in [-0.15, -0.1) is 0 Å². The molecule has 0 spiro atoms. The molecule has 0 amide bonds. The van der Waals surface area contributed by atoms with Crippen LogP contribution in [0.5, 0.6) is 5.75 Å². The Bertz CT molecular complexity index is 439. The molecule has 1 heterocycles. The van der Waals surface area contributed by atoms with Crippen LogP contribution in [0.25, 0.3) is 0 Å². The summed E-state index contributed by atoms with van der Waals surface area (Å²) in [5.41, 5.74) is 2.35. The zero-order valence-corrected chi connectivity index (χ0v) is 10.4. The molecular formula is C13H17NO3. The number of hydrogen-bond acceptors (Lipinski definition) is 4. The minimum Gasteiger partial charge on any atom is -0.495 e. The molecule has 0 N–H and O–H groups in total. The van der Waals surface area contributed by atoms with Crippen LogP contribution < -0.4 is 4.74 Å². The van der Waals surface area contributed by atoms with Gasteiger partial charge in [-0.1, -0.05) is 0 Å². The van der Waals surface area contributed by atoms with Crippen LogP contribution in [0.4, 0.5) is 0 Å². The second kappa shape index (κ2) is 4.45. The number of hydrogen-bond donors (Lipinski definition) is 0. The van der Waals surface area contributed by atoms with Gasteiger partial charge >= 0.3 is 0 Å². The SMILES string of the molecule is COCc1cnc(C)c(OC)c1C1(C=O)CC1. The summed E-state index contributed by atoms with van der Waals surface area (Å²) in [6, 6.07) is 0. The highest BCUT2D eigenvalue weighted by atomic mass is 16.5. The Morgan fingerprint density at radius 3 is 2.65 bits per heavy atom. The molecule has 17 heavy (non-hydrogen) atoms. The Morgan fingerprint density at radius 2 is 2.18 bits per heavy atom. The highest BCUT2D eigenvalue weighted by molar-refractivity contribution is 5.76. The number of rotatable bonds is 5. The van der Waals surface area contributed by atoms with Crippen molar-refractivity contribution >= 4 is 6.29 Å². The van der Waals surface area contributed by atoms with Crippen molar-refractivity contribution in [2.75, 3.05) is 14.2 Å². The first-order chi connectivity index (χ1) is 8.18. The van der Waals surface area contributed by atoms with Crippen LogP contribution in [0.1, 0.15) is 29.7 Å². The third-order valence-corrected chi connectivity index (χ3v) is 3.31. The number of methoxy groups -OCH3 is 2. The third kappa shape index (κ3) is 1.93. The lowest BCUT2D eigenvalue weighted by Gasteiger charge is -2.19. The molecule has 1 aliphatic rings. The lowest BCUT2D eigenvalue weighted by Crippen LogP contribution is -2.15. The average molecular weight is 235 g/mol. The lowest BCUT2D eigenvalue weighted by molar-refractivity contribution is -0.109. The van der Waals surface area contributed by atoms with Crippen LogP contribution in [0.15, 0.2) is 6.20 Å². The first kappa shape index (κ1) is 12.0. The molecule has 0 radical (unpaired) electrons. The van der Waals surface area contributed by atoms with Crippen molar-refractivity contribution in [3.63, 3.8) is 0 Å². The number of aldehydes is 1. The van der Waals surface area contributed by atoms with Gasteiger partial charge in [0.25, 0.3) is 0 Å². The van der Waals surface area contributed by atoms with E-state index in [0.717, 1.165) is 41.7 Å². The summed E-state index contributed by atoms with van der Waals surface area (Å²) in [5.74, 6) is 0.726. The van der Waals surface area contributed by atoms with E-state index in [9.17, 15) is 4.79 Å². The van der Waals surface area contributed by atoms with E-state index in [2.05, 4.69) is 4.98 Å². The molecule has 0 bridgehead atoms. The summed E-state index contributed by atoms with van der Waals surface area (Å²) in [4.78, 5) is 15.6. The molecule has 1 fully saturated rings. The van der Waals surface area contributed by atoms with Crippen LogP contribution >= 0.6 is 0 Å². The molecule has 2 rings (SSSR count). The van der Waals surface area contributed by atoms with Crippen molar-refractivity contribution in [1.82, 2.24) is 4.98 Å². The van der Waals surface area contributed by atoms with Crippen molar-refractivity contribution in [2.24, 2.45) is 0 Å². The van der Waals surface area contributed by atoms with Gasteiger partial charge in [0.05, 0.1) is 24.8 Å². The highest BCUT2D eigenvalue weighted by Crippen LogP contribution is 2.51. The monoisotopic (exact) mass is 235 g/mol. The zero-order chi connectivity index (χ0) is 12.5. The standard InChI is InChI=1S/C13H17NO3/c1-9-12(17-3)11(13(8-15)4-5-13)10(6-14-9)7-16-2/h6,8H,4-5,7H2,1-3H3. The molecule has 0 aromatic carbocycles. The first-order valence-electron chi connectivity index (χ1n) is 5.66. The summed E-state index contributed by atoms with van der Waals surface area (Å²) < 4.78 is 10.6. The molecule has 1 aliphatic carbocycles. The topological polar surface area (TPSA) is 48.4 Å². The fourth-order valence-electron chi connectivity index (χ4n) is 2.25. The summed E-state index contributed by atoms with van der Waals surface area (Å²) in [6.45, 7) is 2.34. The smallest absolute Gasteiger partial charge is 0.144 e. The van der Waals surface area contributed by atoms with E-state index in [1.54, 1.807) is 20.4 Å². The van der Waals surface area contributed by atoms with E-state index in [-0.39, 0.29) is 5.41 Å². The summed E-state index contributed by atoms with van der Waals surface area (Å²) >= 11 is 0. The van der Waals surface area contributed by atoms with Gasteiger partial charge in [-0.25, -0.2) is 0 Å². The molecule has 1 saturated carbocycles. The largest absolute Gasteiger partial charge is 0.495 e. The van der Waals surface area contributed by atoms with Crippen molar-refractivity contribution < 1.29 is 14.3 Å². The molecule has 1 aromatic heterocycles. The van der Waals surface area contributed by atoms with Gasteiger partial charge < -0.3 is 14.3 Å². The zero-order valence-electron chi connectivity index (χ0n) is 10.4. The van der Waals surface area contributed by atoms with Crippen LogP contribution in [-0.2, 0) is 21.6 Å². The van der Waals surface area contributed by atoms with E-state index >= 15 is 0 Å². The fraction of sp³-hybridized carbons (Fsp3) is 0.538. The number of nitrogens with zero attached hydrogens (tertiary/aromatic N) is 1. The highest BCUT2D eigenvalue weighted by Gasteiger charge is 2.48. The van der Waals surface area contributed by atoms with Crippen molar-refractivity contribution in [1.29, 1.82) is 0 Å². The lowest BCUT2D eigenvalue weighted by atomic mass is 9.92. The predicted molar refractivity (Wildman–Crippen MR) is 63.2 cm³/mol. The van der Waals surface area contributed by atoms with Gasteiger partial charge in [0.1, 0.15) is 12.0 Å². The van der Waals surface area contributed by atoms with E-state index in [0.29, 0.717) is 6.61 Å². The minimum atomic E-state index is -0.368. The number of aryl methyl sites for hydroxylation is 1. The van der Waals surface area contributed by atoms with E-state index in [1.807, 2.05) is 6.92 Å². The summed E-state index contributed by atoms with van der Waals surface area (Å²) in [6.07, 6.45) is 4.57. The van der Waals surface area contributed by atoms with E-state index < -0.39 is 0 Å². The Labute approximate surface area is 101 Å². The maximum atomic E-state index is 11.3. The summed E-state index contributed by atoms with van der Waals surface area (Å²) in [7, 11) is 3.25. The van der Waals surface area contributed by atoms with Gasteiger partial charge in [-0.05, 0) is 19.8 Å². The van der Waals surface area contributed by atoms with Gasteiger partial charge in [0.15, 0.2) is 0 Å². The molecular weight excluding hydrogens is 218 g/mol. The van der Waals surface area contributed by atoms with Crippen LogP contribution in [0.3, 0.4) is 0 Å². The number of carbonyl (C=O) groups excluding carboxylic acids is 1. The van der Waals surface area contributed by atoms with Gasteiger partial charge in [0, 0.05) is 24.4 Å². The van der Waals surface area contributed by atoms with Gasteiger partial charge in [-0.3, -0.25) is 4.98 Å². The number of pyridine rings is 1. The normalized spacial score (nSPS) is 16.6. The maximum absolute atomic E-state index is 11.3. The molecule has 4 heteroatoms. The molecule has 1 aromatic rings. The Balaban J connectivity index is 2.58. The van der Waals surface area contributed by atoms with Gasteiger partial charge in [0.2, 0.25) is 0 Å². The Morgan fingerprint density at radius 1 is 1.47 bits per heavy atom. The van der Waals surface area contributed by atoms with E-state index in [4.69, 9.17) is 9.47 Å². The van der Waals surface area contributed by atoms with Crippen LogP contribution in [-0.4, -0.2) is 25.5 Å². The maximum Gasteiger partial charge on any atom is 0.144 e. The molecule has 92 valence electrons. The van der Waals surface area contributed by atoms with Crippen molar-refractivity contribution in [2.45, 2.75) is 31.8 Å². The van der Waals surface area contributed by atoms with Gasteiger partial charge in [-0.2, -0.15) is 0 Å². The molecule has 0 unspecified atom stereocenters. The number of carbonyl (C=O) groups is 1. The Kier molecular flexibility index (Phi) is 3.15. The third-order valence-electron chi connectivity index (χ3n) is 3.31. The summed E-state index contributed by atoms with van der Waals surface area (Å²) in [5, 5.41) is 0. The first-order valence-corrected chi connectivity index (χ1v) is 5.66. The van der Waals surface area contributed by atoms with Crippen LogP contribution in [0.2, 0.25) is 0 Å². The van der Waals surface area contributed by atoms with Crippen LogP contribution in [0, 0.1) is 6.92 Å². The molecule has 0 saturated heterocycles. The fourth-order valence-corrected chi connectivity index (χ4v) is 2.25. The average Bonchev–Trinajstić information content (AvgIpc) is 3.12. The Hall–Kier alpha value is -1.42. The molecule has 0 aliphatic heterocycles. The van der Waals surface area contributed by atoms with Crippen molar-refractivity contribution in [3.8, 4) is 5.75 Å². The molecule has 4 nitrogen and oxygen atoms in total. The second-order valence-corrected chi connectivity index (χ2v) is 4.48. The van der Waals surface area contributed by atoms with Crippen molar-refractivity contribution in [3.05, 3.63) is 23.0 Å². The quantitative estimate of drug-likeness (QED) is 0.730.